The Morgan fingerprint density at radius 2 is 0.939 bits per heavy atom. The van der Waals surface area contributed by atoms with E-state index >= 15 is 0 Å². The van der Waals surface area contributed by atoms with Gasteiger partial charge in [0.25, 0.3) is 0 Å². The van der Waals surface area contributed by atoms with Gasteiger partial charge in [-0.15, -0.1) is 0 Å². The molecule has 0 spiro atoms. The highest BCUT2D eigenvalue weighted by atomic mass is 16.3. The van der Waals surface area contributed by atoms with E-state index in [1.165, 1.54) is 0 Å². The number of phenols is 1. The second kappa shape index (κ2) is 16.9. The van der Waals surface area contributed by atoms with E-state index in [2.05, 4.69) is 210 Å². The highest BCUT2D eigenvalue weighted by Gasteiger charge is 2.30. The summed E-state index contributed by atoms with van der Waals surface area (Å²) < 4.78 is 2.20. The number of pyridine rings is 2. The summed E-state index contributed by atoms with van der Waals surface area (Å²) in [7, 11) is 0. The first-order chi connectivity index (χ1) is 31.9. The average molecular weight is 857 g/mol. The molecule has 66 heavy (non-hydrogen) atoms. The van der Waals surface area contributed by atoms with Gasteiger partial charge < -0.3 is 5.11 Å². The van der Waals surface area contributed by atoms with Crippen LogP contribution in [0.4, 0.5) is 0 Å². The largest absolute Gasteiger partial charge is 0.507 e. The standard InChI is InChI=1S/C61H52N4O/c1-60(2,3)48-38-52(57(66)53(39-48)61(4,5)6)58-64-55-49(31-33-63-59(55)65(58)56-50(42-24-15-9-16-25-42)28-19-29-51(56)43-26-17-10-18-27-43)46-34-45(41-22-13-8-14-23-41)35-47(36-46)54-37-44(30-32-62-54)40-20-11-7-12-21-40/h7-39,66H,1-6H3. The molecule has 10 aromatic rings. The first-order valence-corrected chi connectivity index (χ1v) is 22.7. The summed E-state index contributed by atoms with van der Waals surface area (Å²) >= 11 is 0. The van der Waals surface area contributed by atoms with Gasteiger partial charge >= 0.3 is 0 Å². The number of benzene rings is 7. The molecule has 7 aromatic carbocycles. The molecule has 3 aromatic heterocycles. The van der Waals surface area contributed by atoms with Gasteiger partial charge in [0.1, 0.15) is 11.3 Å². The van der Waals surface area contributed by atoms with Crippen molar-refractivity contribution in [3.8, 4) is 89.7 Å². The molecule has 0 aliphatic heterocycles. The smallest absolute Gasteiger partial charge is 0.165 e. The Bertz CT molecular complexity index is 3300. The lowest BCUT2D eigenvalue weighted by Crippen LogP contribution is -2.17. The topological polar surface area (TPSA) is 63.8 Å². The molecule has 10 rings (SSSR count). The Labute approximate surface area is 387 Å². The van der Waals surface area contributed by atoms with Gasteiger partial charge in [-0.25, -0.2) is 9.97 Å². The van der Waals surface area contributed by atoms with Crippen molar-refractivity contribution in [1.29, 1.82) is 0 Å². The number of imidazole rings is 1. The van der Waals surface area contributed by atoms with Crippen LogP contribution in [0.3, 0.4) is 0 Å². The Kier molecular flexibility index (Phi) is 10.8. The fourth-order valence-electron chi connectivity index (χ4n) is 9.02. The van der Waals surface area contributed by atoms with E-state index in [4.69, 9.17) is 15.0 Å². The fourth-order valence-corrected chi connectivity index (χ4v) is 9.02. The third-order valence-corrected chi connectivity index (χ3v) is 12.5. The Morgan fingerprint density at radius 3 is 1.52 bits per heavy atom. The zero-order valence-electron chi connectivity index (χ0n) is 38.3. The third kappa shape index (κ3) is 7.98. The van der Waals surface area contributed by atoms with Crippen LogP contribution in [0.15, 0.2) is 200 Å². The lowest BCUT2D eigenvalue weighted by atomic mass is 9.79. The molecule has 0 bridgehead atoms. The predicted octanol–water partition coefficient (Wildman–Crippen LogP) is 15.8. The molecule has 0 unspecified atom stereocenters. The number of nitrogens with zero attached hydrogens (tertiary/aromatic N) is 4. The van der Waals surface area contributed by atoms with Crippen molar-refractivity contribution in [3.05, 3.63) is 212 Å². The Morgan fingerprint density at radius 1 is 0.409 bits per heavy atom. The molecule has 1 N–H and O–H groups in total. The summed E-state index contributed by atoms with van der Waals surface area (Å²) in [4.78, 5) is 15.9. The van der Waals surface area contributed by atoms with E-state index < -0.39 is 0 Å². The zero-order chi connectivity index (χ0) is 45.6. The molecule has 0 aliphatic carbocycles. The molecule has 0 radical (unpaired) electrons. The first kappa shape index (κ1) is 42.1. The number of aromatic nitrogens is 4. The second-order valence-electron chi connectivity index (χ2n) is 19.1. The molecule has 0 saturated heterocycles. The minimum absolute atomic E-state index is 0.213. The summed E-state index contributed by atoms with van der Waals surface area (Å²) in [6, 6.07) is 65.7. The molecule has 0 amide bonds. The maximum Gasteiger partial charge on any atom is 0.165 e. The third-order valence-electron chi connectivity index (χ3n) is 12.5. The van der Waals surface area contributed by atoms with Gasteiger partial charge in [-0.05, 0) is 97.8 Å². The average Bonchev–Trinajstić information content (AvgIpc) is 3.73. The van der Waals surface area contributed by atoms with Crippen molar-refractivity contribution < 1.29 is 5.11 Å². The fraction of sp³-hybridized carbons (Fsp3) is 0.131. The summed E-state index contributed by atoms with van der Waals surface area (Å²) in [5, 5.41) is 12.7. The van der Waals surface area contributed by atoms with Crippen molar-refractivity contribution in [2.45, 2.75) is 52.4 Å². The molecule has 0 aliphatic rings. The van der Waals surface area contributed by atoms with Crippen LogP contribution in [0.2, 0.25) is 0 Å². The SMILES string of the molecule is CC(C)(C)c1cc(-c2nc3c(-c4cc(-c5ccccc5)cc(-c5cc(-c6ccccc6)ccn5)c4)ccnc3n2-c2c(-c3ccccc3)cccc2-c2ccccc2)c(O)c(C(C)(C)C)c1. The minimum atomic E-state index is -0.363. The Balaban J connectivity index is 1.32. The van der Waals surface area contributed by atoms with E-state index in [-0.39, 0.29) is 16.6 Å². The minimum Gasteiger partial charge on any atom is -0.507 e. The van der Waals surface area contributed by atoms with Crippen LogP contribution in [0.25, 0.3) is 95.1 Å². The van der Waals surface area contributed by atoms with Gasteiger partial charge in [-0.2, -0.15) is 0 Å². The quantitative estimate of drug-likeness (QED) is 0.165. The van der Waals surface area contributed by atoms with Crippen LogP contribution < -0.4 is 0 Å². The number of aromatic hydroxyl groups is 1. The molecular weight excluding hydrogens is 805 g/mol. The lowest BCUT2D eigenvalue weighted by Gasteiger charge is -2.28. The molecule has 5 nitrogen and oxygen atoms in total. The van der Waals surface area contributed by atoms with Crippen molar-refractivity contribution in [3.63, 3.8) is 0 Å². The van der Waals surface area contributed by atoms with E-state index in [9.17, 15) is 5.11 Å². The predicted molar refractivity (Wildman–Crippen MR) is 274 cm³/mol. The first-order valence-electron chi connectivity index (χ1n) is 22.7. The summed E-state index contributed by atoms with van der Waals surface area (Å²) in [5.74, 6) is 0.820. The number of fused-ring (bicyclic) bond motifs is 1. The number of rotatable bonds is 8. The van der Waals surface area contributed by atoms with E-state index in [0.29, 0.717) is 17.0 Å². The van der Waals surface area contributed by atoms with Gasteiger partial charge in [0.2, 0.25) is 0 Å². The van der Waals surface area contributed by atoms with Crippen molar-refractivity contribution in [2.24, 2.45) is 0 Å². The van der Waals surface area contributed by atoms with Crippen molar-refractivity contribution >= 4 is 11.2 Å². The van der Waals surface area contributed by atoms with E-state index in [0.717, 1.165) is 89.2 Å². The van der Waals surface area contributed by atoms with E-state index in [1.807, 2.05) is 36.7 Å². The van der Waals surface area contributed by atoms with Gasteiger partial charge in [-0.1, -0.05) is 187 Å². The highest BCUT2D eigenvalue weighted by molar-refractivity contribution is 5.98. The lowest BCUT2D eigenvalue weighted by molar-refractivity contribution is 0.446. The highest BCUT2D eigenvalue weighted by Crippen LogP contribution is 2.47. The molecule has 0 saturated carbocycles. The van der Waals surface area contributed by atoms with Crippen LogP contribution in [0.1, 0.15) is 52.7 Å². The van der Waals surface area contributed by atoms with Gasteiger partial charge in [0.15, 0.2) is 11.5 Å². The zero-order valence-corrected chi connectivity index (χ0v) is 38.3. The molecule has 5 heteroatoms. The molecule has 0 atom stereocenters. The van der Waals surface area contributed by atoms with Gasteiger partial charge in [-0.3, -0.25) is 9.55 Å². The number of phenolic OH excluding ortho intramolecular Hbond substituents is 1. The molecule has 0 fully saturated rings. The molecular formula is C61H52N4O. The maximum absolute atomic E-state index is 12.7. The summed E-state index contributed by atoms with van der Waals surface area (Å²) in [6.45, 7) is 13.1. The normalized spacial score (nSPS) is 11.8. The monoisotopic (exact) mass is 856 g/mol. The Hall–Kier alpha value is -7.89. The molecule has 322 valence electrons. The summed E-state index contributed by atoms with van der Waals surface area (Å²) in [5.41, 5.74) is 16.6. The summed E-state index contributed by atoms with van der Waals surface area (Å²) in [6.07, 6.45) is 3.78. The van der Waals surface area contributed by atoms with Crippen LogP contribution in [-0.4, -0.2) is 24.6 Å². The molecule has 3 heterocycles. The van der Waals surface area contributed by atoms with Crippen molar-refractivity contribution in [1.82, 2.24) is 19.5 Å². The number of hydrogen-bond donors (Lipinski definition) is 1. The maximum atomic E-state index is 12.7. The number of hydrogen-bond acceptors (Lipinski definition) is 4. The van der Waals surface area contributed by atoms with Crippen LogP contribution in [0.5, 0.6) is 5.75 Å². The van der Waals surface area contributed by atoms with Crippen molar-refractivity contribution in [2.75, 3.05) is 0 Å². The van der Waals surface area contributed by atoms with Gasteiger partial charge in [0.05, 0.1) is 16.9 Å². The second-order valence-corrected chi connectivity index (χ2v) is 19.1. The van der Waals surface area contributed by atoms with Crippen LogP contribution in [-0.2, 0) is 10.8 Å². The number of para-hydroxylation sites is 1. The van der Waals surface area contributed by atoms with Crippen LogP contribution >= 0.6 is 0 Å². The van der Waals surface area contributed by atoms with Gasteiger partial charge in [0, 0.05) is 40.2 Å². The van der Waals surface area contributed by atoms with Crippen LogP contribution in [0, 0.1) is 0 Å². The van der Waals surface area contributed by atoms with E-state index in [1.54, 1.807) is 0 Å².